The predicted molar refractivity (Wildman–Crippen MR) is 44.1 cm³/mol. The minimum absolute atomic E-state index is 0.00731. The fraction of sp³-hybridized carbons (Fsp3) is 0.333. The Balaban J connectivity index is 2.18. The molecule has 0 aromatic carbocycles. The molecule has 0 spiro atoms. The Morgan fingerprint density at radius 2 is 1.93 bits per heavy atom. The monoisotopic (exact) mass is 197 g/mol. The topological polar surface area (TPSA) is 114 Å². The maximum Gasteiger partial charge on any atom is 0.320 e. The molecule has 1 aromatic rings. The van der Waals surface area contributed by atoms with Gasteiger partial charge in [-0.2, -0.15) is 0 Å². The second-order valence-corrected chi connectivity index (χ2v) is 2.75. The first-order chi connectivity index (χ1) is 6.65. The Bertz CT molecular complexity index is 371. The number of aromatic nitrogens is 2. The molecule has 0 atom stereocenters. The van der Waals surface area contributed by atoms with Crippen LogP contribution in [-0.2, 0) is 9.59 Å². The Morgan fingerprint density at radius 3 is 2.43 bits per heavy atom. The molecule has 2 amide bonds. The Hall–Kier alpha value is -2.12. The molecular weight excluding hydrogens is 190 g/mol. The number of nitrogen functional groups attached to an aromatic ring is 1. The Kier molecular flexibility index (Phi) is 1.80. The highest BCUT2D eigenvalue weighted by Crippen LogP contribution is 2.13. The molecule has 74 valence electrons. The van der Waals surface area contributed by atoms with Crippen LogP contribution in [-0.4, -0.2) is 35.1 Å². The molecule has 1 aromatic heterocycles. The van der Waals surface area contributed by atoms with Crippen LogP contribution in [0.3, 0.4) is 0 Å². The van der Waals surface area contributed by atoms with Gasteiger partial charge in [-0.1, -0.05) is 10.2 Å². The molecular formula is C6H7N5O3. The van der Waals surface area contributed by atoms with Gasteiger partial charge in [0.25, 0.3) is 0 Å². The summed E-state index contributed by atoms with van der Waals surface area (Å²) < 4.78 is 4.87. The molecule has 8 nitrogen and oxygen atoms in total. The van der Waals surface area contributed by atoms with Crippen molar-refractivity contribution in [1.29, 1.82) is 0 Å². The van der Waals surface area contributed by atoms with E-state index in [1.165, 1.54) is 4.90 Å². The number of nitrogens with one attached hydrogen (secondary N) is 1. The van der Waals surface area contributed by atoms with E-state index in [4.69, 9.17) is 10.2 Å². The van der Waals surface area contributed by atoms with Gasteiger partial charge in [-0.15, -0.1) is 0 Å². The third kappa shape index (κ3) is 1.49. The van der Waals surface area contributed by atoms with Gasteiger partial charge < -0.3 is 15.1 Å². The second kappa shape index (κ2) is 2.98. The maximum atomic E-state index is 11.0. The zero-order chi connectivity index (χ0) is 10.1. The van der Waals surface area contributed by atoms with Crippen molar-refractivity contribution in [2.45, 2.75) is 0 Å². The molecule has 1 aliphatic heterocycles. The van der Waals surface area contributed by atoms with Crippen LogP contribution in [0, 0.1) is 0 Å². The average Bonchev–Trinajstić information content (AvgIpc) is 2.50. The smallest absolute Gasteiger partial charge is 0.320 e. The summed E-state index contributed by atoms with van der Waals surface area (Å²) >= 11 is 0. The van der Waals surface area contributed by atoms with Crippen LogP contribution >= 0.6 is 0 Å². The quantitative estimate of drug-likeness (QED) is 0.506. The largest absolute Gasteiger partial charge is 0.390 e. The van der Waals surface area contributed by atoms with Crippen LogP contribution in [0.4, 0.5) is 12.0 Å². The molecule has 0 saturated carbocycles. The number of anilines is 2. The highest BCUT2D eigenvalue weighted by Gasteiger charge is 2.25. The lowest BCUT2D eigenvalue weighted by molar-refractivity contribution is -0.130. The molecule has 0 unspecified atom stereocenters. The SMILES string of the molecule is Nc1nnc(N2CC(=O)NC(=O)C2)o1. The van der Waals surface area contributed by atoms with Gasteiger partial charge in [0.05, 0.1) is 0 Å². The number of nitrogens with two attached hydrogens (primary N) is 1. The first kappa shape index (κ1) is 8.48. The van der Waals surface area contributed by atoms with E-state index in [0.29, 0.717) is 0 Å². The van der Waals surface area contributed by atoms with E-state index in [2.05, 4.69) is 15.5 Å². The van der Waals surface area contributed by atoms with E-state index >= 15 is 0 Å². The first-order valence-corrected chi connectivity index (χ1v) is 3.82. The van der Waals surface area contributed by atoms with Gasteiger partial charge in [-0.25, -0.2) is 0 Å². The third-order valence-electron chi connectivity index (χ3n) is 1.65. The van der Waals surface area contributed by atoms with Crippen molar-refractivity contribution in [1.82, 2.24) is 15.5 Å². The standard InChI is InChI=1S/C6H7N5O3/c7-5-9-10-6(14-5)11-1-3(12)8-4(13)2-11/h1-2H2,(H2,7,9)(H,8,12,13). The van der Waals surface area contributed by atoms with Crippen LogP contribution in [0.15, 0.2) is 4.42 Å². The van der Waals surface area contributed by atoms with Crippen molar-refractivity contribution in [3.63, 3.8) is 0 Å². The summed E-state index contributed by atoms with van der Waals surface area (Å²) in [6, 6.07) is -0.0240. The highest BCUT2D eigenvalue weighted by atomic mass is 16.4. The minimum atomic E-state index is -0.405. The number of imide groups is 1. The number of hydrogen-bond donors (Lipinski definition) is 2. The van der Waals surface area contributed by atoms with Crippen molar-refractivity contribution < 1.29 is 14.0 Å². The number of rotatable bonds is 1. The van der Waals surface area contributed by atoms with Gasteiger partial charge in [0.1, 0.15) is 13.1 Å². The van der Waals surface area contributed by atoms with Gasteiger partial charge in [-0.3, -0.25) is 14.9 Å². The van der Waals surface area contributed by atoms with Gasteiger partial charge in [0.2, 0.25) is 11.8 Å². The van der Waals surface area contributed by atoms with Crippen LogP contribution in [0.5, 0.6) is 0 Å². The number of piperazine rings is 1. The molecule has 0 radical (unpaired) electrons. The van der Waals surface area contributed by atoms with Crippen LogP contribution in [0.2, 0.25) is 0 Å². The summed E-state index contributed by atoms with van der Waals surface area (Å²) in [7, 11) is 0. The fourth-order valence-corrected chi connectivity index (χ4v) is 1.13. The Labute approximate surface area is 78.1 Å². The number of nitrogens with zero attached hydrogens (tertiary/aromatic N) is 3. The highest BCUT2D eigenvalue weighted by molar-refractivity contribution is 6.02. The van der Waals surface area contributed by atoms with Crippen LogP contribution in [0.1, 0.15) is 0 Å². The first-order valence-electron chi connectivity index (χ1n) is 3.82. The Morgan fingerprint density at radius 1 is 1.29 bits per heavy atom. The molecule has 1 aliphatic rings. The van der Waals surface area contributed by atoms with Gasteiger partial charge in [0.15, 0.2) is 0 Å². The minimum Gasteiger partial charge on any atom is -0.390 e. The summed E-state index contributed by atoms with van der Waals surface area (Å²) in [5.74, 6) is -0.809. The van der Waals surface area contributed by atoms with Crippen LogP contribution in [0.25, 0.3) is 0 Å². The molecule has 14 heavy (non-hydrogen) atoms. The summed E-state index contributed by atoms with van der Waals surface area (Å²) in [6.45, 7) is 0.0146. The molecule has 1 saturated heterocycles. The van der Waals surface area contributed by atoms with Crippen molar-refractivity contribution in [3.8, 4) is 0 Å². The number of carbonyl (C=O) groups excluding carboxylic acids is 2. The molecule has 2 rings (SSSR count). The zero-order valence-corrected chi connectivity index (χ0v) is 7.06. The number of carbonyl (C=O) groups is 2. The van der Waals surface area contributed by atoms with Gasteiger partial charge in [-0.05, 0) is 0 Å². The van der Waals surface area contributed by atoms with E-state index in [-0.39, 0.29) is 25.1 Å². The van der Waals surface area contributed by atoms with Gasteiger partial charge in [0, 0.05) is 0 Å². The van der Waals surface area contributed by atoms with E-state index in [1.54, 1.807) is 0 Å². The molecule has 1 fully saturated rings. The number of hydrogen-bond acceptors (Lipinski definition) is 7. The lowest BCUT2D eigenvalue weighted by atomic mass is 10.4. The summed E-state index contributed by atoms with van der Waals surface area (Å²) in [4.78, 5) is 23.3. The second-order valence-electron chi connectivity index (χ2n) is 2.75. The molecule has 0 bridgehead atoms. The zero-order valence-electron chi connectivity index (χ0n) is 7.06. The van der Waals surface area contributed by atoms with Gasteiger partial charge >= 0.3 is 12.0 Å². The third-order valence-corrected chi connectivity index (χ3v) is 1.65. The van der Waals surface area contributed by atoms with E-state index < -0.39 is 11.8 Å². The predicted octanol–water partition coefficient (Wildman–Crippen LogP) is -1.89. The van der Waals surface area contributed by atoms with Crippen molar-refractivity contribution in [2.75, 3.05) is 23.7 Å². The van der Waals surface area contributed by atoms with Crippen molar-refractivity contribution in [2.24, 2.45) is 0 Å². The fourth-order valence-electron chi connectivity index (χ4n) is 1.13. The van der Waals surface area contributed by atoms with E-state index in [0.717, 1.165) is 0 Å². The molecule has 3 N–H and O–H groups in total. The summed E-state index contributed by atoms with van der Waals surface area (Å²) in [6.07, 6.45) is 0. The van der Waals surface area contributed by atoms with Crippen LogP contribution < -0.4 is 16.0 Å². The van der Waals surface area contributed by atoms with Crippen molar-refractivity contribution >= 4 is 23.8 Å². The summed E-state index contributed by atoms with van der Waals surface area (Å²) in [5, 5.41) is 9.12. The maximum absolute atomic E-state index is 11.0. The van der Waals surface area contributed by atoms with Crippen molar-refractivity contribution in [3.05, 3.63) is 0 Å². The normalized spacial score (nSPS) is 17.0. The molecule has 0 aliphatic carbocycles. The number of amides is 2. The molecule has 8 heteroatoms. The lowest BCUT2D eigenvalue weighted by Gasteiger charge is -2.22. The summed E-state index contributed by atoms with van der Waals surface area (Å²) in [5.41, 5.74) is 5.20. The molecule has 2 heterocycles. The lowest BCUT2D eigenvalue weighted by Crippen LogP contribution is -2.51. The van der Waals surface area contributed by atoms with E-state index in [9.17, 15) is 9.59 Å². The van der Waals surface area contributed by atoms with E-state index in [1.807, 2.05) is 0 Å². The average molecular weight is 197 g/mol.